The molecule has 1 aromatic carbocycles. The van der Waals surface area contributed by atoms with Crippen molar-refractivity contribution in [1.29, 1.82) is 0 Å². The molecule has 0 bridgehead atoms. The summed E-state index contributed by atoms with van der Waals surface area (Å²) in [4.78, 5) is 0.135. The van der Waals surface area contributed by atoms with Crippen molar-refractivity contribution in [3.63, 3.8) is 0 Å². The van der Waals surface area contributed by atoms with Crippen LogP contribution in [-0.4, -0.2) is 36.1 Å². The number of nitrogens with zero attached hydrogens (tertiary/aromatic N) is 3. The Hall–Kier alpha value is -1.55. The van der Waals surface area contributed by atoms with Gasteiger partial charge >= 0.3 is 0 Å². The van der Waals surface area contributed by atoms with E-state index in [9.17, 15) is 8.42 Å². The highest BCUT2D eigenvalue weighted by atomic mass is 35.5. The molecule has 2 aromatic rings. The van der Waals surface area contributed by atoms with Crippen molar-refractivity contribution in [3.05, 3.63) is 34.6 Å². The maximum absolute atomic E-state index is 12.1. The quantitative estimate of drug-likeness (QED) is 0.694. The number of H-pyrrole nitrogens is 1. The molecule has 0 fully saturated rings. The minimum absolute atomic E-state index is 0.0389. The van der Waals surface area contributed by atoms with Crippen LogP contribution in [0.5, 0.6) is 0 Å². The average molecular weight is 317 g/mol. The third-order valence-electron chi connectivity index (χ3n) is 2.50. The van der Waals surface area contributed by atoms with Crippen molar-refractivity contribution in [2.75, 3.05) is 7.05 Å². The largest absolute Gasteiger partial charge is 0.316 e. The predicted octanol–water partition coefficient (Wildman–Crippen LogP) is 0.0510. The fourth-order valence-electron chi connectivity index (χ4n) is 1.54. The Morgan fingerprint density at radius 3 is 2.80 bits per heavy atom. The highest BCUT2D eigenvalue weighted by Gasteiger charge is 2.16. The van der Waals surface area contributed by atoms with Gasteiger partial charge in [0.1, 0.15) is 0 Å². The Kier molecular flexibility index (Phi) is 4.65. The predicted molar refractivity (Wildman–Crippen MR) is 72.4 cm³/mol. The molecule has 0 aliphatic rings. The normalized spacial score (nSPS) is 11.7. The molecule has 1 heterocycles. The lowest BCUT2D eigenvalue weighted by atomic mass is 10.2. The summed E-state index contributed by atoms with van der Waals surface area (Å²) in [7, 11) is -1.90. The molecular formula is C10H13ClN6O2S. The molecule has 0 radical (unpaired) electrons. The summed E-state index contributed by atoms with van der Waals surface area (Å²) < 4.78 is 26.7. The zero-order valence-electron chi connectivity index (χ0n) is 10.6. The van der Waals surface area contributed by atoms with Gasteiger partial charge in [0.2, 0.25) is 10.0 Å². The summed E-state index contributed by atoms with van der Waals surface area (Å²) in [5.41, 5.74) is 0.705. The fraction of sp³-hybridized carbons (Fsp3) is 0.300. The van der Waals surface area contributed by atoms with E-state index >= 15 is 0 Å². The van der Waals surface area contributed by atoms with Gasteiger partial charge < -0.3 is 5.32 Å². The molecule has 20 heavy (non-hydrogen) atoms. The minimum Gasteiger partial charge on any atom is -0.316 e. The van der Waals surface area contributed by atoms with Crippen LogP contribution in [-0.2, 0) is 23.1 Å². The highest BCUT2D eigenvalue weighted by molar-refractivity contribution is 7.89. The summed E-state index contributed by atoms with van der Waals surface area (Å²) in [6.07, 6.45) is 0. The van der Waals surface area contributed by atoms with Crippen molar-refractivity contribution < 1.29 is 8.42 Å². The van der Waals surface area contributed by atoms with Crippen LogP contribution in [0.1, 0.15) is 11.4 Å². The van der Waals surface area contributed by atoms with Gasteiger partial charge in [-0.1, -0.05) is 16.8 Å². The van der Waals surface area contributed by atoms with E-state index < -0.39 is 10.0 Å². The van der Waals surface area contributed by atoms with Gasteiger partial charge in [-0.2, -0.15) is 5.21 Å². The lowest BCUT2D eigenvalue weighted by Gasteiger charge is -2.08. The number of hydrogen-bond donors (Lipinski definition) is 3. The highest BCUT2D eigenvalue weighted by Crippen LogP contribution is 2.20. The van der Waals surface area contributed by atoms with E-state index in [2.05, 4.69) is 30.7 Å². The van der Waals surface area contributed by atoms with Crippen LogP contribution in [0.4, 0.5) is 0 Å². The monoisotopic (exact) mass is 316 g/mol. The first kappa shape index (κ1) is 14.9. The molecule has 0 atom stereocenters. The van der Waals surface area contributed by atoms with E-state index in [4.69, 9.17) is 11.6 Å². The van der Waals surface area contributed by atoms with Gasteiger partial charge in [-0.3, -0.25) is 0 Å². The molecule has 2 rings (SSSR count). The second-order valence-corrected chi connectivity index (χ2v) is 6.11. The van der Waals surface area contributed by atoms with Crippen LogP contribution in [0, 0.1) is 0 Å². The Balaban J connectivity index is 2.18. The molecular weight excluding hydrogens is 304 g/mol. The van der Waals surface area contributed by atoms with Crippen LogP contribution in [0.15, 0.2) is 23.1 Å². The molecule has 10 heteroatoms. The molecule has 108 valence electrons. The van der Waals surface area contributed by atoms with Crippen LogP contribution in [0.25, 0.3) is 0 Å². The lowest BCUT2D eigenvalue weighted by Crippen LogP contribution is -2.24. The second-order valence-electron chi connectivity index (χ2n) is 3.94. The molecule has 0 amide bonds. The number of rotatable bonds is 6. The number of aromatic nitrogens is 4. The smallest absolute Gasteiger partial charge is 0.240 e. The number of hydrogen-bond acceptors (Lipinski definition) is 6. The molecule has 0 saturated heterocycles. The van der Waals surface area contributed by atoms with Gasteiger partial charge in [-0.05, 0) is 30.8 Å². The Morgan fingerprint density at radius 1 is 1.35 bits per heavy atom. The van der Waals surface area contributed by atoms with E-state index in [1.165, 1.54) is 12.1 Å². The van der Waals surface area contributed by atoms with Crippen molar-refractivity contribution in [2.45, 2.75) is 18.0 Å². The van der Waals surface area contributed by atoms with E-state index in [1.54, 1.807) is 13.1 Å². The molecule has 0 unspecified atom stereocenters. The molecule has 1 aromatic heterocycles. The van der Waals surface area contributed by atoms with Gasteiger partial charge in [-0.25, -0.2) is 13.1 Å². The first-order chi connectivity index (χ1) is 9.53. The number of benzene rings is 1. The van der Waals surface area contributed by atoms with Gasteiger partial charge in [0.05, 0.1) is 11.4 Å². The summed E-state index contributed by atoms with van der Waals surface area (Å²) in [6.45, 7) is 0.440. The number of halogens is 1. The molecule has 3 N–H and O–H groups in total. The van der Waals surface area contributed by atoms with E-state index in [-0.39, 0.29) is 17.3 Å². The Labute approximate surface area is 121 Å². The maximum atomic E-state index is 12.1. The van der Waals surface area contributed by atoms with Crippen LogP contribution < -0.4 is 10.0 Å². The van der Waals surface area contributed by atoms with Gasteiger partial charge in [0.15, 0.2) is 5.82 Å². The summed E-state index contributed by atoms with van der Waals surface area (Å²) >= 11 is 6.00. The SMILES string of the molecule is CNCc1cc(S(=O)(=O)NCc2nn[nH]n2)ccc1Cl. The topological polar surface area (TPSA) is 113 Å². The van der Waals surface area contributed by atoms with Crippen LogP contribution in [0.2, 0.25) is 5.02 Å². The van der Waals surface area contributed by atoms with Crippen LogP contribution in [0.3, 0.4) is 0 Å². The summed E-state index contributed by atoms with van der Waals surface area (Å²) in [5, 5.41) is 16.4. The fourth-order valence-corrected chi connectivity index (χ4v) is 2.76. The van der Waals surface area contributed by atoms with Gasteiger partial charge in [0.25, 0.3) is 0 Å². The Morgan fingerprint density at radius 2 is 2.15 bits per heavy atom. The first-order valence-corrected chi connectivity index (χ1v) is 7.54. The van der Waals surface area contributed by atoms with Crippen molar-refractivity contribution >= 4 is 21.6 Å². The van der Waals surface area contributed by atoms with E-state index in [0.29, 0.717) is 17.1 Å². The molecule has 8 nitrogen and oxygen atoms in total. The molecule has 0 aliphatic carbocycles. The van der Waals surface area contributed by atoms with Crippen LogP contribution >= 0.6 is 11.6 Å². The number of nitrogens with one attached hydrogen (secondary N) is 3. The van der Waals surface area contributed by atoms with Crippen molar-refractivity contribution in [1.82, 2.24) is 30.7 Å². The first-order valence-electron chi connectivity index (χ1n) is 5.68. The van der Waals surface area contributed by atoms with E-state index in [0.717, 1.165) is 0 Å². The molecule has 0 saturated carbocycles. The zero-order valence-corrected chi connectivity index (χ0v) is 12.2. The third kappa shape index (κ3) is 3.51. The average Bonchev–Trinajstić information content (AvgIpc) is 2.92. The van der Waals surface area contributed by atoms with Crippen molar-refractivity contribution in [2.24, 2.45) is 0 Å². The third-order valence-corrected chi connectivity index (χ3v) is 4.27. The van der Waals surface area contributed by atoms with Gasteiger partial charge in [-0.15, -0.1) is 10.2 Å². The molecule has 0 aliphatic heterocycles. The van der Waals surface area contributed by atoms with Gasteiger partial charge in [0, 0.05) is 11.6 Å². The number of tetrazole rings is 1. The number of aromatic amines is 1. The maximum Gasteiger partial charge on any atom is 0.240 e. The van der Waals surface area contributed by atoms with E-state index in [1.807, 2.05) is 0 Å². The molecule has 0 spiro atoms. The lowest BCUT2D eigenvalue weighted by molar-refractivity contribution is 0.579. The second kappa shape index (κ2) is 6.27. The van der Waals surface area contributed by atoms with Crippen molar-refractivity contribution in [3.8, 4) is 0 Å². The zero-order chi connectivity index (χ0) is 14.6. The number of sulfonamides is 1. The minimum atomic E-state index is -3.65. The summed E-state index contributed by atoms with van der Waals surface area (Å²) in [6, 6.07) is 4.52. The standard InChI is InChI=1S/C10H13ClN6O2S/c1-12-5-7-4-8(2-3-9(7)11)20(18,19)13-6-10-14-16-17-15-10/h2-4,12-13H,5-6H2,1H3,(H,14,15,16,17). The Bertz CT molecular complexity index is 673. The summed E-state index contributed by atoms with van der Waals surface area (Å²) in [5.74, 6) is 0.262.